The summed E-state index contributed by atoms with van der Waals surface area (Å²) >= 11 is 14.0. The fourth-order valence-corrected chi connectivity index (χ4v) is 5.80. The second-order valence-corrected chi connectivity index (χ2v) is 10.1. The maximum Gasteiger partial charge on any atom is 0.338 e. The molecule has 1 saturated carbocycles. The van der Waals surface area contributed by atoms with Gasteiger partial charge < -0.3 is 5.11 Å². The van der Waals surface area contributed by atoms with Crippen molar-refractivity contribution in [2.24, 2.45) is 0 Å². The lowest BCUT2D eigenvalue weighted by Crippen LogP contribution is -2.34. The van der Waals surface area contributed by atoms with Gasteiger partial charge in [0.15, 0.2) is 0 Å². The Hall–Kier alpha value is -0.980. The Morgan fingerprint density at radius 2 is 1.70 bits per heavy atom. The molecule has 2 aliphatic rings. The van der Waals surface area contributed by atoms with Gasteiger partial charge in [-0.05, 0) is 86.1 Å². The summed E-state index contributed by atoms with van der Waals surface area (Å²) in [6.07, 6.45) is 4.17. The smallest absolute Gasteiger partial charge is 0.338 e. The van der Waals surface area contributed by atoms with Crippen molar-refractivity contribution < 1.29 is 14.3 Å². The molecule has 1 heterocycles. The van der Waals surface area contributed by atoms with Gasteiger partial charge in [0.25, 0.3) is 0 Å². The predicted octanol–water partition coefficient (Wildman–Crippen LogP) is 6.89. The van der Waals surface area contributed by atoms with Crippen LogP contribution in [0.4, 0.5) is 4.39 Å². The van der Waals surface area contributed by atoms with Crippen LogP contribution >= 0.6 is 47.4 Å². The number of benzene rings is 2. The summed E-state index contributed by atoms with van der Waals surface area (Å²) in [7, 11) is 0. The van der Waals surface area contributed by atoms with Gasteiger partial charge in [-0.25, -0.2) is 9.18 Å². The molecule has 3 nitrogen and oxygen atoms in total. The van der Waals surface area contributed by atoms with Crippen molar-refractivity contribution >= 4 is 53.3 Å². The number of aromatic carboxylic acids is 1. The first-order valence-corrected chi connectivity index (χ1v) is 11.4. The van der Waals surface area contributed by atoms with Gasteiger partial charge in [-0.1, -0.05) is 23.2 Å². The lowest BCUT2D eigenvalue weighted by Gasteiger charge is -2.32. The largest absolute Gasteiger partial charge is 0.478 e. The van der Waals surface area contributed by atoms with Crippen LogP contribution in [0.5, 0.6) is 0 Å². The fraction of sp³-hybridized carbons (Fsp3) is 0.409. The quantitative estimate of drug-likeness (QED) is 0.479. The zero-order valence-electron chi connectivity index (χ0n) is 16.2. The Morgan fingerprint density at radius 1 is 1.07 bits per heavy atom. The number of carboxylic acid groups (broad SMARTS) is 1. The highest BCUT2D eigenvalue weighted by Gasteiger charge is 2.29. The number of likely N-dealkylation sites (tertiary alicyclic amines) is 1. The zero-order chi connectivity index (χ0) is 20.5. The van der Waals surface area contributed by atoms with Gasteiger partial charge in [-0.2, -0.15) is 0 Å². The third-order valence-corrected chi connectivity index (χ3v) is 7.29. The number of thioether (sulfide) groups is 1. The molecule has 1 aliphatic carbocycles. The second kappa shape index (κ2) is 10.1. The maximum absolute atomic E-state index is 14.3. The van der Waals surface area contributed by atoms with Gasteiger partial charge >= 0.3 is 5.97 Å². The molecular weight excluding hydrogens is 468 g/mol. The molecule has 0 spiro atoms. The lowest BCUT2D eigenvalue weighted by molar-refractivity contribution is 0.0691. The summed E-state index contributed by atoms with van der Waals surface area (Å²) in [6, 6.07) is 8.61. The first-order chi connectivity index (χ1) is 13.9. The molecule has 1 saturated heterocycles. The third-order valence-electron chi connectivity index (χ3n) is 5.54. The number of rotatable bonds is 6. The van der Waals surface area contributed by atoms with Crippen LogP contribution in [-0.4, -0.2) is 34.3 Å². The summed E-state index contributed by atoms with van der Waals surface area (Å²) in [5, 5.41) is 11.0. The van der Waals surface area contributed by atoms with E-state index in [4.69, 9.17) is 23.2 Å². The van der Waals surface area contributed by atoms with Crippen LogP contribution in [0.3, 0.4) is 0 Å². The molecular formula is C22H23Cl3FNO2S. The average molecular weight is 491 g/mol. The standard InChI is InChI=1S/C22H22Cl2FNO2S.ClH/c23-15-8-16(24)10-18(9-15)29-17-3-5-26(6-4-17)12-14-7-21(25)20(22(27)28)11-19(14)13-1-2-13;/h7-11,13,17H,1-6,12H2,(H,27,28);1H. The van der Waals surface area contributed by atoms with Crippen molar-refractivity contribution in [1.82, 2.24) is 4.90 Å². The Kier molecular flexibility index (Phi) is 7.97. The molecule has 1 N–H and O–H groups in total. The van der Waals surface area contributed by atoms with Crippen molar-refractivity contribution in [3.05, 3.63) is 62.9 Å². The van der Waals surface area contributed by atoms with E-state index in [0.717, 1.165) is 54.8 Å². The highest BCUT2D eigenvalue weighted by molar-refractivity contribution is 8.00. The normalized spacial score (nSPS) is 17.6. The van der Waals surface area contributed by atoms with E-state index in [9.17, 15) is 14.3 Å². The van der Waals surface area contributed by atoms with Crippen LogP contribution < -0.4 is 0 Å². The number of halogens is 4. The molecule has 0 aromatic heterocycles. The summed E-state index contributed by atoms with van der Waals surface area (Å²) in [4.78, 5) is 14.7. The second-order valence-electron chi connectivity index (χ2n) is 7.81. The number of piperidine rings is 1. The van der Waals surface area contributed by atoms with Crippen LogP contribution in [0.1, 0.15) is 53.1 Å². The predicted molar refractivity (Wildman–Crippen MR) is 123 cm³/mol. The van der Waals surface area contributed by atoms with Gasteiger partial charge in [0.2, 0.25) is 0 Å². The van der Waals surface area contributed by atoms with Gasteiger partial charge in [-0.3, -0.25) is 4.90 Å². The van der Waals surface area contributed by atoms with E-state index in [2.05, 4.69) is 4.90 Å². The number of carboxylic acids is 1. The molecule has 0 amide bonds. The minimum atomic E-state index is -1.20. The third kappa shape index (κ3) is 5.83. The molecule has 8 heteroatoms. The van der Waals surface area contributed by atoms with Gasteiger partial charge in [0.05, 0.1) is 5.56 Å². The molecule has 0 radical (unpaired) electrons. The lowest BCUT2D eigenvalue weighted by atomic mass is 9.98. The Balaban J connectivity index is 0.00000256. The van der Waals surface area contributed by atoms with E-state index in [0.29, 0.717) is 27.8 Å². The van der Waals surface area contributed by atoms with Crippen LogP contribution in [0.2, 0.25) is 10.0 Å². The molecule has 0 unspecified atom stereocenters. The van der Waals surface area contributed by atoms with Gasteiger partial charge in [-0.15, -0.1) is 24.2 Å². The summed E-state index contributed by atoms with van der Waals surface area (Å²) in [6.45, 7) is 2.53. The maximum atomic E-state index is 14.3. The minimum Gasteiger partial charge on any atom is -0.478 e. The first kappa shape index (κ1) is 23.7. The molecule has 0 atom stereocenters. The molecule has 2 aromatic carbocycles. The van der Waals surface area contributed by atoms with Crippen LogP contribution in [-0.2, 0) is 6.54 Å². The summed E-state index contributed by atoms with van der Waals surface area (Å²) in [5.41, 5.74) is 1.72. The van der Waals surface area contributed by atoms with Crippen molar-refractivity contribution in [3.8, 4) is 0 Å². The molecule has 0 bridgehead atoms. The zero-order valence-corrected chi connectivity index (χ0v) is 19.4. The summed E-state index contributed by atoms with van der Waals surface area (Å²) in [5.74, 6) is -1.46. The van der Waals surface area contributed by atoms with Crippen molar-refractivity contribution in [1.29, 1.82) is 0 Å². The number of nitrogens with zero attached hydrogens (tertiary/aromatic N) is 1. The first-order valence-electron chi connectivity index (χ1n) is 9.80. The van der Waals surface area contributed by atoms with Gasteiger partial charge in [0, 0.05) is 26.7 Å². The topological polar surface area (TPSA) is 40.5 Å². The average Bonchev–Trinajstić information content (AvgIpc) is 3.47. The number of hydrogen-bond acceptors (Lipinski definition) is 3. The van der Waals surface area contributed by atoms with Gasteiger partial charge in [0.1, 0.15) is 5.82 Å². The molecule has 162 valence electrons. The summed E-state index contributed by atoms with van der Waals surface area (Å²) < 4.78 is 14.3. The van der Waals surface area contributed by atoms with E-state index in [1.54, 1.807) is 23.9 Å². The molecule has 2 fully saturated rings. The van der Waals surface area contributed by atoms with E-state index in [1.165, 1.54) is 6.07 Å². The van der Waals surface area contributed by atoms with Crippen molar-refractivity contribution in [3.63, 3.8) is 0 Å². The van der Waals surface area contributed by atoms with Crippen molar-refractivity contribution in [2.45, 2.75) is 48.3 Å². The Labute approximate surface area is 196 Å². The van der Waals surface area contributed by atoms with E-state index < -0.39 is 11.8 Å². The number of hydrogen-bond donors (Lipinski definition) is 1. The Bertz CT molecular complexity index is 911. The fourth-order valence-electron chi connectivity index (χ4n) is 3.92. The van der Waals surface area contributed by atoms with Crippen LogP contribution in [0.25, 0.3) is 0 Å². The molecule has 2 aromatic rings. The Morgan fingerprint density at radius 3 is 2.27 bits per heavy atom. The number of carbonyl (C=O) groups is 1. The highest BCUT2D eigenvalue weighted by Crippen LogP contribution is 2.43. The molecule has 4 rings (SSSR count). The van der Waals surface area contributed by atoms with Crippen molar-refractivity contribution in [2.75, 3.05) is 13.1 Å². The van der Waals surface area contributed by atoms with E-state index in [-0.39, 0.29) is 18.0 Å². The SMILES string of the molecule is Cl.O=C(O)c1cc(C2CC2)c(CN2CCC(Sc3cc(Cl)cc(Cl)c3)CC2)cc1F. The molecule has 30 heavy (non-hydrogen) atoms. The highest BCUT2D eigenvalue weighted by atomic mass is 35.5. The minimum absolute atomic E-state index is 0. The van der Waals surface area contributed by atoms with E-state index in [1.807, 2.05) is 12.1 Å². The monoisotopic (exact) mass is 489 g/mol. The van der Waals surface area contributed by atoms with E-state index >= 15 is 0 Å². The van der Waals surface area contributed by atoms with Crippen LogP contribution in [0.15, 0.2) is 35.2 Å². The molecule has 1 aliphatic heterocycles. The van der Waals surface area contributed by atoms with Crippen LogP contribution in [0, 0.1) is 5.82 Å².